The van der Waals surface area contributed by atoms with E-state index in [2.05, 4.69) is 4.98 Å². The van der Waals surface area contributed by atoms with E-state index in [1.807, 2.05) is 0 Å². The Morgan fingerprint density at radius 1 is 1.29 bits per heavy atom. The normalized spacial score (nSPS) is 9.82. The van der Waals surface area contributed by atoms with Gasteiger partial charge in [-0.3, -0.25) is 9.59 Å². The van der Waals surface area contributed by atoms with Crippen LogP contribution in [0.2, 0.25) is 0 Å². The van der Waals surface area contributed by atoms with Crippen molar-refractivity contribution in [3.8, 4) is 5.88 Å². The smallest absolute Gasteiger partial charge is 0.340 e. The van der Waals surface area contributed by atoms with Crippen LogP contribution in [-0.4, -0.2) is 29.3 Å². The minimum atomic E-state index is -0.632. The molecule has 6 heteroatoms. The fraction of sp³-hybridized carbons (Fsp3) is 0.364. The number of ketones is 1. The quantitative estimate of drug-likeness (QED) is 0.632. The van der Waals surface area contributed by atoms with E-state index in [0.29, 0.717) is 0 Å². The van der Waals surface area contributed by atoms with Crippen LogP contribution in [0.5, 0.6) is 5.88 Å². The zero-order chi connectivity index (χ0) is 13.0. The monoisotopic (exact) mass is 239 g/mol. The van der Waals surface area contributed by atoms with Crippen molar-refractivity contribution < 1.29 is 23.9 Å². The van der Waals surface area contributed by atoms with Gasteiger partial charge in [-0.1, -0.05) is 0 Å². The molecule has 0 spiro atoms. The third kappa shape index (κ3) is 2.93. The molecule has 1 aromatic heterocycles. The minimum absolute atomic E-state index is 0.0265. The van der Waals surface area contributed by atoms with Crippen LogP contribution in [0.1, 0.15) is 41.5 Å². The maximum absolute atomic E-state index is 11.5. The number of rotatable bonds is 4. The van der Waals surface area contributed by atoms with E-state index in [-0.39, 0.29) is 29.4 Å². The number of esters is 2. The Morgan fingerprint density at radius 3 is 2.41 bits per heavy atom. The first kappa shape index (κ1) is 13.0. The van der Waals surface area contributed by atoms with Gasteiger partial charge in [-0.15, -0.1) is 0 Å². The largest absolute Gasteiger partial charge is 0.462 e. The molecule has 0 fully saturated rings. The van der Waals surface area contributed by atoms with Crippen molar-refractivity contribution >= 4 is 17.7 Å². The summed E-state index contributed by atoms with van der Waals surface area (Å²) < 4.78 is 9.58. The molecule has 0 aromatic carbocycles. The molecule has 17 heavy (non-hydrogen) atoms. The van der Waals surface area contributed by atoms with Crippen molar-refractivity contribution in [1.29, 1.82) is 0 Å². The second-order valence-electron chi connectivity index (χ2n) is 3.28. The summed E-state index contributed by atoms with van der Waals surface area (Å²) in [6, 6.07) is 0. The molecule has 1 aromatic rings. The Hall–Kier alpha value is -2.11. The lowest BCUT2D eigenvalue weighted by Crippen LogP contribution is -2.10. The molecule has 92 valence electrons. The molecule has 6 nitrogen and oxygen atoms in total. The van der Waals surface area contributed by atoms with E-state index < -0.39 is 11.9 Å². The number of carbonyl (C=O) groups excluding carboxylic acids is 3. The maximum atomic E-state index is 11.5. The van der Waals surface area contributed by atoms with Crippen molar-refractivity contribution in [3.05, 3.63) is 17.3 Å². The Balaban J connectivity index is 3.15. The lowest BCUT2D eigenvalue weighted by molar-refractivity contribution is -0.132. The van der Waals surface area contributed by atoms with Gasteiger partial charge in [0.15, 0.2) is 5.78 Å². The van der Waals surface area contributed by atoms with Crippen LogP contribution in [0, 0.1) is 0 Å². The van der Waals surface area contributed by atoms with Gasteiger partial charge in [-0.05, 0) is 13.8 Å². The Labute approximate surface area is 97.9 Å². The number of aromatic amines is 1. The number of hydrogen-bond donors (Lipinski definition) is 1. The third-order valence-corrected chi connectivity index (χ3v) is 1.94. The van der Waals surface area contributed by atoms with Crippen LogP contribution in [0.25, 0.3) is 0 Å². The summed E-state index contributed by atoms with van der Waals surface area (Å²) in [4.78, 5) is 36.3. The second kappa shape index (κ2) is 5.29. The summed E-state index contributed by atoms with van der Waals surface area (Å²) in [6.07, 6.45) is 1.28. The van der Waals surface area contributed by atoms with Crippen molar-refractivity contribution in [3.63, 3.8) is 0 Å². The van der Waals surface area contributed by atoms with Crippen LogP contribution in [0.3, 0.4) is 0 Å². The molecule has 1 rings (SSSR count). The van der Waals surface area contributed by atoms with Gasteiger partial charge >= 0.3 is 11.9 Å². The molecule has 0 aliphatic carbocycles. The summed E-state index contributed by atoms with van der Waals surface area (Å²) in [5.41, 5.74) is 0.0919. The van der Waals surface area contributed by atoms with Gasteiger partial charge < -0.3 is 14.5 Å². The van der Waals surface area contributed by atoms with Gasteiger partial charge in [-0.2, -0.15) is 0 Å². The molecule has 0 saturated carbocycles. The van der Waals surface area contributed by atoms with Gasteiger partial charge in [0, 0.05) is 13.1 Å². The molecule has 0 saturated heterocycles. The number of hydrogen-bond acceptors (Lipinski definition) is 5. The highest BCUT2D eigenvalue weighted by molar-refractivity contribution is 6.07. The Morgan fingerprint density at radius 2 is 1.94 bits per heavy atom. The highest BCUT2D eigenvalue weighted by atomic mass is 16.5. The van der Waals surface area contributed by atoms with E-state index >= 15 is 0 Å². The van der Waals surface area contributed by atoms with Crippen molar-refractivity contribution in [2.45, 2.75) is 20.8 Å². The highest BCUT2D eigenvalue weighted by Crippen LogP contribution is 2.23. The first-order chi connectivity index (χ1) is 7.97. The molecule has 0 aliphatic rings. The van der Waals surface area contributed by atoms with Crippen LogP contribution in [0.15, 0.2) is 6.20 Å². The lowest BCUT2D eigenvalue weighted by atomic mass is 10.1. The summed E-state index contributed by atoms with van der Waals surface area (Å²) in [5, 5.41) is 0. The number of ether oxygens (including phenoxy) is 2. The zero-order valence-corrected chi connectivity index (χ0v) is 9.83. The number of aromatic nitrogens is 1. The summed E-state index contributed by atoms with van der Waals surface area (Å²) >= 11 is 0. The number of Topliss-reactive ketones (excluding diaryl/α,β-unsaturated/α-hetero) is 1. The van der Waals surface area contributed by atoms with Crippen LogP contribution in [-0.2, 0) is 9.53 Å². The average molecular weight is 239 g/mol. The molecule has 0 unspecified atom stereocenters. The Kier molecular flexibility index (Phi) is 4.03. The molecular weight excluding hydrogens is 226 g/mol. The molecular formula is C11H13NO5. The summed E-state index contributed by atoms with van der Waals surface area (Å²) in [6.45, 7) is 4.34. The number of nitrogens with one attached hydrogen (secondary N) is 1. The molecule has 0 atom stereocenters. The zero-order valence-electron chi connectivity index (χ0n) is 9.83. The van der Waals surface area contributed by atoms with Crippen LogP contribution >= 0.6 is 0 Å². The predicted octanol–water partition coefficient (Wildman–Crippen LogP) is 1.32. The van der Waals surface area contributed by atoms with E-state index in [1.54, 1.807) is 6.92 Å². The van der Waals surface area contributed by atoms with Crippen molar-refractivity contribution in [1.82, 2.24) is 4.98 Å². The molecule has 0 amide bonds. The fourth-order valence-electron chi connectivity index (χ4n) is 1.35. The number of carbonyl (C=O) groups is 3. The van der Waals surface area contributed by atoms with E-state index in [9.17, 15) is 14.4 Å². The standard InChI is InChI=1S/C11H13NO5/c1-4-16-11(15)8-5-12-10(17-7(3)14)9(8)6(2)13/h5,12H,4H2,1-3H3. The Bertz CT molecular complexity index is 460. The van der Waals surface area contributed by atoms with Gasteiger partial charge in [-0.25, -0.2) is 4.79 Å². The van der Waals surface area contributed by atoms with Crippen LogP contribution in [0.4, 0.5) is 0 Å². The molecule has 0 bridgehead atoms. The third-order valence-electron chi connectivity index (χ3n) is 1.94. The van der Waals surface area contributed by atoms with Crippen molar-refractivity contribution in [2.24, 2.45) is 0 Å². The molecule has 1 N–H and O–H groups in total. The van der Waals surface area contributed by atoms with Crippen LogP contribution < -0.4 is 4.74 Å². The number of H-pyrrole nitrogens is 1. The topological polar surface area (TPSA) is 85.5 Å². The van der Waals surface area contributed by atoms with Gasteiger partial charge in [0.1, 0.15) is 0 Å². The molecule has 0 aliphatic heterocycles. The van der Waals surface area contributed by atoms with E-state index in [4.69, 9.17) is 9.47 Å². The predicted molar refractivity (Wildman–Crippen MR) is 58.1 cm³/mol. The van der Waals surface area contributed by atoms with E-state index in [0.717, 1.165) is 0 Å². The highest BCUT2D eigenvalue weighted by Gasteiger charge is 2.23. The SMILES string of the molecule is CCOC(=O)c1c[nH]c(OC(C)=O)c1C(C)=O. The fourth-order valence-corrected chi connectivity index (χ4v) is 1.35. The van der Waals surface area contributed by atoms with Gasteiger partial charge in [0.2, 0.25) is 5.88 Å². The van der Waals surface area contributed by atoms with Crippen molar-refractivity contribution in [2.75, 3.05) is 6.61 Å². The van der Waals surface area contributed by atoms with Gasteiger partial charge in [0.05, 0.1) is 17.7 Å². The second-order valence-corrected chi connectivity index (χ2v) is 3.28. The first-order valence-electron chi connectivity index (χ1n) is 5.05. The molecule has 1 heterocycles. The average Bonchev–Trinajstić information content (AvgIpc) is 2.60. The summed E-state index contributed by atoms with van der Waals surface area (Å²) in [7, 11) is 0. The molecule has 0 radical (unpaired) electrons. The minimum Gasteiger partial charge on any atom is -0.462 e. The van der Waals surface area contributed by atoms with E-state index in [1.165, 1.54) is 20.0 Å². The maximum Gasteiger partial charge on any atom is 0.340 e. The van der Waals surface area contributed by atoms with Gasteiger partial charge in [0.25, 0.3) is 0 Å². The summed E-state index contributed by atoms with van der Waals surface area (Å²) in [5.74, 6) is -1.63. The first-order valence-corrected chi connectivity index (χ1v) is 5.05. The lowest BCUT2D eigenvalue weighted by Gasteiger charge is -2.03.